The molecule has 5 heteroatoms. The van der Waals surface area contributed by atoms with Crippen molar-refractivity contribution in [3.8, 4) is 11.8 Å². The van der Waals surface area contributed by atoms with Crippen molar-refractivity contribution in [3.05, 3.63) is 65.2 Å². The lowest BCUT2D eigenvalue weighted by Crippen LogP contribution is -2.44. The molecule has 1 unspecified atom stereocenters. The summed E-state index contributed by atoms with van der Waals surface area (Å²) in [5, 5.41) is 16.6. The minimum atomic E-state index is -1.92. The minimum Gasteiger partial charge on any atom is -0.365 e. The van der Waals surface area contributed by atoms with E-state index in [0.29, 0.717) is 16.3 Å². The first-order valence-electron chi connectivity index (χ1n) is 6.97. The zero-order chi connectivity index (χ0) is 16.4. The van der Waals surface area contributed by atoms with E-state index >= 15 is 0 Å². The third kappa shape index (κ3) is 2.85. The fourth-order valence-corrected chi connectivity index (χ4v) is 2.29. The smallest absolute Gasteiger partial charge is 0.298 e. The Morgan fingerprint density at radius 3 is 2.43 bits per heavy atom. The largest absolute Gasteiger partial charge is 0.365 e. The molecule has 114 valence electrons. The van der Waals surface area contributed by atoms with Gasteiger partial charge in [0.25, 0.3) is 5.91 Å². The van der Waals surface area contributed by atoms with Crippen LogP contribution in [-0.2, 0) is 4.79 Å². The summed E-state index contributed by atoms with van der Waals surface area (Å²) in [7, 11) is 0. The Bertz CT molecular complexity index is 835. The van der Waals surface area contributed by atoms with Crippen LogP contribution in [0.4, 0.5) is 5.69 Å². The van der Waals surface area contributed by atoms with Gasteiger partial charge in [0.05, 0.1) is 11.4 Å². The van der Waals surface area contributed by atoms with Crippen LogP contribution in [0, 0.1) is 11.8 Å². The summed E-state index contributed by atoms with van der Waals surface area (Å²) in [6.07, 6.45) is 0. The van der Waals surface area contributed by atoms with E-state index in [2.05, 4.69) is 16.9 Å². The number of hydrogen-bond donors (Lipinski definition) is 1. The molecule has 1 amide bonds. The van der Waals surface area contributed by atoms with Gasteiger partial charge in [-0.25, -0.2) is 0 Å². The molecule has 0 spiro atoms. The second-order valence-electron chi connectivity index (χ2n) is 5.11. The summed E-state index contributed by atoms with van der Waals surface area (Å²) in [4.78, 5) is 12.6. The Hall–Kier alpha value is -2.61. The van der Waals surface area contributed by atoms with Crippen LogP contribution in [0.1, 0.15) is 12.5 Å². The predicted octanol–water partition coefficient (Wildman–Crippen LogP) is 2.85. The van der Waals surface area contributed by atoms with Crippen molar-refractivity contribution in [3.63, 3.8) is 0 Å². The first kappa shape index (κ1) is 15.3. The zero-order valence-corrected chi connectivity index (χ0v) is 13.1. The molecular weight excluding hydrogens is 312 g/mol. The maximum absolute atomic E-state index is 12.6. The van der Waals surface area contributed by atoms with Crippen molar-refractivity contribution in [1.82, 2.24) is 0 Å². The molecule has 1 aliphatic heterocycles. The number of carbonyl (C=O) groups excluding carboxylic acids is 1. The summed E-state index contributed by atoms with van der Waals surface area (Å²) in [5.74, 6) is 4.85. The Labute approximate surface area is 139 Å². The monoisotopic (exact) mass is 324 g/mol. The van der Waals surface area contributed by atoms with Crippen LogP contribution in [0.3, 0.4) is 0 Å². The number of para-hydroxylation sites is 1. The molecule has 0 radical (unpaired) electrons. The number of aliphatic hydroxyl groups is 1. The fourth-order valence-electron chi connectivity index (χ4n) is 2.16. The van der Waals surface area contributed by atoms with E-state index in [9.17, 15) is 9.90 Å². The first-order chi connectivity index (χ1) is 11.0. The quantitative estimate of drug-likeness (QED) is 0.820. The Morgan fingerprint density at radius 1 is 1.13 bits per heavy atom. The van der Waals surface area contributed by atoms with Gasteiger partial charge in [-0.3, -0.25) is 4.79 Å². The van der Waals surface area contributed by atoms with Crippen molar-refractivity contribution >= 4 is 28.9 Å². The Kier molecular flexibility index (Phi) is 3.91. The van der Waals surface area contributed by atoms with Crippen molar-refractivity contribution in [2.45, 2.75) is 12.5 Å². The van der Waals surface area contributed by atoms with E-state index < -0.39 is 11.5 Å². The topological polar surface area (TPSA) is 52.9 Å². The van der Waals surface area contributed by atoms with Gasteiger partial charge in [-0.2, -0.15) is 10.1 Å². The lowest BCUT2D eigenvalue weighted by atomic mass is 9.98. The van der Waals surface area contributed by atoms with E-state index in [4.69, 9.17) is 11.6 Å². The van der Waals surface area contributed by atoms with E-state index in [-0.39, 0.29) is 5.71 Å². The van der Waals surface area contributed by atoms with Crippen LogP contribution in [0.5, 0.6) is 0 Å². The summed E-state index contributed by atoms with van der Waals surface area (Å²) >= 11 is 5.82. The molecule has 1 N–H and O–H groups in total. The Balaban J connectivity index is 1.92. The number of hydrazone groups is 1. The molecule has 1 heterocycles. The average molecular weight is 325 g/mol. The van der Waals surface area contributed by atoms with Gasteiger partial charge >= 0.3 is 0 Å². The van der Waals surface area contributed by atoms with Crippen LogP contribution in [0.2, 0.25) is 5.02 Å². The number of carbonyl (C=O) groups is 1. The molecule has 1 aliphatic rings. The van der Waals surface area contributed by atoms with Gasteiger partial charge in [0.1, 0.15) is 0 Å². The number of halogens is 1. The van der Waals surface area contributed by atoms with Gasteiger partial charge in [-0.15, -0.1) is 0 Å². The lowest BCUT2D eigenvalue weighted by molar-refractivity contribution is -0.126. The fraction of sp³-hybridized carbons (Fsp3) is 0.111. The van der Waals surface area contributed by atoms with Crippen LogP contribution < -0.4 is 5.01 Å². The average Bonchev–Trinajstić information content (AvgIpc) is 2.80. The number of nitrogens with zero attached hydrogens (tertiary/aromatic N) is 2. The lowest BCUT2D eigenvalue weighted by Gasteiger charge is -2.16. The third-order valence-electron chi connectivity index (χ3n) is 3.51. The normalized spacial score (nSPS) is 20.0. The molecule has 23 heavy (non-hydrogen) atoms. The van der Waals surface area contributed by atoms with Gasteiger partial charge in [0.15, 0.2) is 0 Å². The van der Waals surface area contributed by atoms with E-state index in [1.54, 1.807) is 55.5 Å². The second-order valence-corrected chi connectivity index (χ2v) is 5.54. The predicted molar refractivity (Wildman–Crippen MR) is 90.3 cm³/mol. The SMILES string of the molecule is CC1=NN(c2ccccc2)C(=O)C1(O)C#Cc1ccc(Cl)cc1. The number of rotatable bonds is 1. The van der Waals surface area contributed by atoms with E-state index in [0.717, 1.165) is 0 Å². The second kappa shape index (κ2) is 5.88. The highest BCUT2D eigenvalue weighted by Gasteiger charge is 2.47. The molecule has 2 aromatic carbocycles. The highest BCUT2D eigenvalue weighted by Crippen LogP contribution is 2.26. The molecule has 0 bridgehead atoms. The van der Waals surface area contributed by atoms with Crippen LogP contribution in [-0.4, -0.2) is 22.3 Å². The van der Waals surface area contributed by atoms with Crippen molar-refractivity contribution in [2.75, 3.05) is 5.01 Å². The van der Waals surface area contributed by atoms with Gasteiger partial charge in [0.2, 0.25) is 5.60 Å². The molecule has 1 atom stereocenters. The first-order valence-corrected chi connectivity index (χ1v) is 7.35. The maximum atomic E-state index is 12.6. The number of amides is 1. The van der Waals surface area contributed by atoms with Gasteiger partial charge in [-0.1, -0.05) is 35.7 Å². The zero-order valence-electron chi connectivity index (χ0n) is 12.3. The van der Waals surface area contributed by atoms with Crippen LogP contribution >= 0.6 is 11.6 Å². The number of anilines is 1. The molecule has 0 aliphatic carbocycles. The molecule has 2 aromatic rings. The van der Waals surface area contributed by atoms with Crippen molar-refractivity contribution < 1.29 is 9.90 Å². The Morgan fingerprint density at radius 2 is 1.78 bits per heavy atom. The van der Waals surface area contributed by atoms with Crippen LogP contribution in [0.25, 0.3) is 0 Å². The standard InChI is InChI=1S/C18H13ClN2O2/c1-13-18(23,12-11-14-7-9-15(19)10-8-14)17(22)21(20-13)16-5-3-2-4-6-16/h2-10,23H,1H3. The molecule has 3 rings (SSSR count). The molecule has 0 saturated heterocycles. The molecular formula is C18H13ClN2O2. The summed E-state index contributed by atoms with van der Waals surface area (Å²) < 4.78 is 0. The number of hydrogen-bond acceptors (Lipinski definition) is 3. The molecule has 4 nitrogen and oxygen atoms in total. The van der Waals surface area contributed by atoms with Gasteiger partial charge < -0.3 is 5.11 Å². The highest BCUT2D eigenvalue weighted by atomic mass is 35.5. The maximum Gasteiger partial charge on any atom is 0.298 e. The summed E-state index contributed by atoms with van der Waals surface area (Å²) in [6, 6.07) is 15.8. The molecule has 0 saturated carbocycles. The molecule has 0 fully saturated rings. The van der Waals surface area contributed by atoms with Crippen molar-refractivity contribution in [2.24, 2.45) is 5.10 Å². The van der Waals surface area contributed by atoms with Crippen molar-refractivity contribution in [1.29, 1.82) is 0 Å². The van der Waals surface area contributed by atoms with Crippen LogP contribution in [0.15, 0.2) is 59.7 Å². The summed E-state index contributed by atoms with van der Waals surface area (Å²) in [5.41, 5.74) is -0.439. The highest BCUT2D eigenvalue weighted by molar-refractivity contribution is 6.30. The minimum absolute atomic E-state index is 0.243. The van der Waals surface area contributed by atoms with E-state index in [1.165, 1.54) is 5.01 Å². The van der Waals surface area contributed by atoms with Gasteiger partial charge in [-0.05, 0) is 49.2 Å². The molecule has 0 aromatic heterocycles. The third-order valence-corrected chi connectivity index (χ3v) is 3.76. The summed E-state index contributed by atoms with van der Waals surface area (Å²) in [6.45, 7) is 1.58. The van der Waals surface area contributed by atoms with E-state index in [1.807, 2.05) is 6.07 Å². The van der Waals surface area contributed by atoms with Gasteiger partial charge in [0, 0.05) is 10.6 Å². The number of benzene rings is 2.